The largest absolute Gasteiger partial charge is 0.321 e. The van der Waals surface area contributed by atoms with E-state index < -0.39 is 10.7 Å². The van der Waals surface area contributed by atoms with E-state index in [0.29, 0.717) is 11.3 Å². The maximum absolute atomic E-state index is 12.3. The fraction of sp³-hybridized carbons (Fsp3) is 0. The highest BCUT2D eigenvalue weighted by atomic mass is 16.6. The predicted octanol–water partition coefficient (Wildman–Crippen LogP) is 2.81. The molecular weight excluding hydrogens is 284 g/mol. The summed E-state index contributed by atoms with van der Waals surface area (Å²) in [7, 11) is 0. The van der Waals surface area contributed by atoms with Gasteiger partial charge in [-0.3, -0.25) is 19.7 Å². The molecule has 0 spiro atoms. The zero-order valence-electron chi connectivity index (χ0n) is 11.3. The highest BCUT2D eigenvalue weighted by Gasteiger charge is 2.24. The lowest BCUT2D eigenvalue weighted by molar-refractivity contribution is -0.384. The quantitative estimate of drug-likeness (QED) is 0.408. The number of anilines is 1. The monoisotopic (exact) mass is 294 g/mol. The number of nitro benzene ring substituents is 1. The number of para-hydroxylation sites is 1. The van der Waals surface area contributed by atoms with Crippen LogP contribution in [0.15, 0.2) is 54.6 Å². The molecule has 0 aliphatic carbocycles. The third-order valence-corrected chi connectivity index (χ3v) is 3.33. The Balaban J connectivity index is 1.99. The first-order valence-corrected chi connectivity index (χ1v) is 6.47. The fourth-order valence-corrected chi connectivity index (χ4v) is 2.27. The molecule has 0 saturated carbocycles. The number of hydrogen-bond acceptors (Lipinski definition) is 4. The number of carbonyl (C=O) groups is 2. The van der Waals surface area contributed by atoms with Gasteiger partial charge in [0, 0.05) is 28.9 Å². The molecule has 108 valence electrons. The molecule has 6 heteroatoms. The fourth-order valence-electron chi connectivity index (χ4n) is 2.27. The van der Waals surface area contributed by atoms with Gasteiger partial charge in [0.25, 0.3) is 11.6 Å². The van der Waals surface area contributed by atoms with Crippen LogP contribution in [0, 0.1) is 10.1 Å². The standard InChI is InChI=1S/C16H10N2O4/c19-15(10-4-3-5-11(8-10)18(21)22)9-13-12-6-1-2-7-14(12)17-16(13)20/h1-9H,(H,17,20)/b13-9-. The molecule has 0 unspecified atom stereocenters. The summed E-state index contributed by atoms with van der Waals surface area (Å²) >= 11 is 0. The molecule has 1 aliphatic rings. The Bertz CT molecular complexity index is 840. The SMILES string of the molecule is O=C1Nc2ccccc2/C1=C/C(=O)c1cccc([N+](=O)[O-])c1. The van der Waals surface area contributed by atoms with Crippen LogP contribution >= 0.6 is 0 Å². The number of amides is 1. The van der Waals surface area contributed by atoms with Gasteiger partial charge in [0.05, 0.1) is 10.5 Å². The van der Waals surface area contributed by atoms with Crippen molar-refractivity contribution in [3.8, 4) is 0 Å². The van der Waals surface area contributed by atoms with Crippen LogP contribution in [-0.4, -0.2) is 16.6 Å². The molecule has 0 fully saturated rings. The molecule has 0 bridgehead atoms. The van der Waals surface area contributed by atoms with Crippen LogP contribution in [0.3, 0.4) is 0 Å². The van der Waals surface area contributed by atoms with Gasteiger partial charge in [0.1, 0.15) is 0 Å². The molecule has 22 heavy (non-hydrogen) atoms. The maximum Gasteiger partial charge on any atom is 0.270 e. The van der Waals surface area contributed by atoms with Crippen molar-refractivity contribution in [1.29, 1.82) is 0 Å². The van der Waals surface area contributed by atoms with E-state index in [1.807, 2.05) is 0 Å². The second-order valence-electron chi connectivity index (χ2n) is 4.73. The molecule has 2 aromatic carbocycles. The van der Waals surface area contributed by atoms with Crippen LogP contribution in [0.5, 0.6) is 0 Å². The molecule has 2 aromatic rings. The van der Waals surface area contributed by atoms with Crippen molar-refractivity contribution in [3.63, 3.8) is 0 Å². The van der Waals surface area contributed by atoms with Crippen LogP contribution in [0.2, 0.25) is 0 Å². The Hall–Kier alpha value is -3.28. The number of rotatable bonds is 3. The second-order valence-corrected chi connectivity index (χ2v) is 4.73. The zero-order valence-corrected chi connectivity index (χ0v) is 11.3. The summed E-state index contributed by atoms with van der Waals surface area (Å²) < 4.78 is 0. The van der Waals surface area contributed by atoms with Crippen LogP contribution in [0.25, 0.3) is 5.57 Å². The Kier molecular flexibility index (Phi) is 3.27. The molecule has 0 radical (unpaired) electrons. The van der Waals surface area contributed by atoms with Crippen molar-refractivity contribution in [3.05, 3.63) is 75.8 Å². The lowest BCUT2D eigenvalue weighted by atomic mass is 10.0. The molecule has 1 amide bonds. The highest BCUT2D eigenvalue weighted by molar-refractivity contribution is 6.35. The first-order valence-electron chi connectivity index (χ1n) is 6.47. The van der Waals surface area contributed by atoms with Crippen molar-refractivity contribution < 1.29 is 14.5 Å². The Morgan fingerprint density at radius 3 is 2.68 bits per heavy atom. The number of benzene rings is 2. The van der Waals surface area contributed by atoms with E-state index in [0.717, 1.165) is 0 Å². The van der Waals surface area contributed by atoms with Crippen molar-refractivity contribution >= 4 is 28.6 Å². The molecule has 0 atom stereocenters. The number of carbonyl (C=O) groups excluding carboxylic acids is 2. The van der Waals surface area contributed by atoms with E-state index in [2.05, 4.69) is 5.32 Å². The van der Waals surface area contributed by atoms with Gasteiger partial charge in [-0.25, -0.2) is 0 Å². The first-order chi connectivity index (χ1) is 10.6. The summed E-state index contributed by atoms with van der Waals surface area (Å²) in [5, 5.41) is 13.4. The van der Waals surface area contributed by atoms with Crippen LogP contribution in [-0.2, 0) is 4.79 Å². The molecule has 0 saturated heterocycles. The van der Waals surface area contributed by atoms with E-state index in [4.69, 9.17) is 0 Å². The van der Waals surface area contributed by atoms with E-state index in [-0.39, 0.29) is 22.7 Å². The Labute approximate surface area is 125 Å². The minimum absolute atomic E-state index is 0.166. The van der Waals surface area contributed by atoms with Crippen molar-refractivity contribution in [2.45, 2.75) is 0 Å². The van der Waals surface area contributed by atoms with Gasteiger partial charge in [-0.2, -0.15) is 0 Å². The van der Waals surface area contributed by atoms with Gasteiger partial charge in [-0.05, 0) is 12.1 Å². The minimum atomic E-state index is -0.568. The average molecular weight is 294 g/mol. The van der Waals surface area contributed by atoms with Crippen molar-refractivity contribution in [2.24, 2.45) is 0 Å². The molecule has 0 aromatic heterocycles. The third-order valence-electron chi connectivity index (χ3n) is 3.33. The first kappa shape index (κ1) is 13.7. The van der Waals surface area contributed by atoms with Crippen molar-refractivity contribution in [2.75, 3.05) is 5.32 Å². The van der Waals surface area contributed by atoms with Gasteiger partial charge in [-0.15, -0.1) is 0 Å². The summed E-state index contributed by atoms with van der Waals surface area (Å²) in [4.78, 5) is 34.4. The zero-order chi connectivity index (χ0) is 15.7. The Morgan fingerprint density at radius 1 is 1.14 bits per heavy atom. The number of fused-ring (bicyclic) bond motifs is 1. The summed E-state index contributed by atoms with van der Waals surface area (Å²) in [6.45, 7) is 0. The summed E-state index contributed by atoms with van der Waals surface area (Å²) in [6, 6.07) is 12.4. The van der Waals surface area contributed by atoms with E-state index in [1.54, 1.807) is 24.3 Å². The van der Waals surface area contributed by atoms with E-state index in [1.165, 1.54) is 30.3 Å². The van der Waals surface area contributed by atoms with Crippen LogP contribution < -0.4 is 5.32 Å². The number of nitrogens with one attached hydrogen (secondary N) is 1. The lowest BCUT2D eigenvalue weighted by Crippen LogP contribution is -2.06. The topological polar surface area (TPSA) is 89.3 Å². The molecule has 1 heterocycles. The van der Waals surface area contributed by atoms with Gasteiger partial charge in [0.15, 0.2) is 5.78 Å². The van der Waals surface area contributed by atoms with Crippen molar-refractivity contribution in [1.82, 2.24) is 0 Å². The second kappa shape index (κ2) is 5.25. The number of hydrogen-bond donors (Lipinski definition) is 1. The van der Waals surface area contributed by atoms with Crippen LogP contribution in [0.4, 0.5) is 11.4 Å². The van der Waals surface area contributed by atoms with Gasteiger partial charge >= 0.3 is 0 Å². The summed E-state index contributed by atoms with van der Waals surface area (Å²) in [5.74, 6) is -0.814. The Morgan fingerprint density at radius 2 is 1.91 bits per heavy atom. The normalized spacial score (nSPS) is 14.5. The smallest absolute Gasteiger partial charge is 0.270 e. The average Bonchev–Trinajstić information content (AvgIpc) is 2.83. The highest BCUT2D eigenvalue weighted by Crippen LogP contribution is 2.31. The summed E-state index contributed by atoms with van der Waals surface area (Å²) in [6.07, 6.45) is 1.21. The van der Waals surface area contributed by atoms with Crippen LogP contribution in [0.1, 0.15) is 15.9 Å². The number of nitrogens with zero attached hydrogens (tertiary/aromatic N) is 1. The van der Waals surface area contributed by atoms with Gasteiger partial charge < -0.3 is 5.32 Å². The predicted molar refractivity (Wildman–Crippen MR) is 80.5 cm³/mol. The van der Waals surface area contributed by atoms with E-state index in [9.17, 15) is 19.7 Å². The molecule has 1 aliphatic heterocycles. The van der Waals surface area contributed by atoms with Gasteiger partial charge in [-0.1, -0.05) is 30.3 Å². The third kappa shape index (κ3) is 2.37. The number of non-ortho nitro benzene ring substituents is 1. The maximum atomic E-state index is 12.3. The molecular formula is C16H10N2O4. The number of nitro groups is 1. The summed E-state index contributed by atoms with van der Waals surface area (Å²) in [5.41, 5.74) is 1.54. The minimum Gasteiger partial charge on any atom is -0.321 e. The molecule has 6 nitrogen and oxygen atoms in total. The lowest BCUT2D eigenvalue weighted by Gasteiger charge is -1.99. The van der Waals surface area contributed by atoms with E-state index >= 15 is 0 Å². The number of ketones is 1. The van der Waals surface area contributed by atoms with Gasteiger partial charge in [0.2, 0.25) is 0 Å². The molecule has 3 rings (SSSR count). The molecule has 1 N–H and O–H groups in total. The number of allylic oxidation sites excluding steroid dienone is 1.